The first-order valence-electron chi connectivity index (χ1n) is 8.13. The second-order valence-electron chi connectivity index (χ2n) is 6.11. The van der Waals surface area contributed by atoms with Crippen molar-refractivity contribution in [2.75, 3.05) is 5.32 Å². The van der Waals surface area contributed by atoms with E-state index >= 15 is 0 Å². The number of fused-ring (bicyclic) bond motifs is 3. The van der Waals surface area contributed by atoms with Crippen molar-refractivity contribution in [3.8, 4) is 0 Å². The van der Waals surface area contributed by atoms with Crippen molar-refractivity contribution in [1.29, 1.82) is 0 Å². The van der Waals surface area contributed by atoms with Gasteiger partial charge in [-0.1, -0.05) is 12.1 Å². The largest absolute Gasteiger partial charge is 0.324 e. The Morgan fingerprint density at radius 2 is 2.04 bits per heavy atom. The molecule has 1 N–H and O–H groups in total. The van der Waals surface area contributed by atoms with Gasteiger partial charge >= 0.3 is 0 Å². The smallest absolute Gasteiger partial charge is 0.271 e. The Kier molecular flexibility index (Phi) is 4.00. The number of rotatable bonds is 3. The Morgan fingerprint density at radius 1 is 1.19 bits per heavy atom. The van der Waals surface area contributed by atoms with Gasteiger partial charge < -0.3 is 5.32 Å². The fourth-order valence-corrected chi connectivity index (χ4v) is 3.89. The zero-order chi connectivity index (χ0) is 18.3. The molecule has 1 amide bonds. The molecule has 0 radical (unpaired) electrons. The van der Waals surface area contributed by atoms with Gasteiger partial charge in [-0.15, -0.1) is 11.3 Å². The van der Waals surface area contributed by atoms with Gasteiger partial charge in [0.05, 0.1) is 11.8 Å². The van der Waals surface area contributed by atoms with E-state index in [1.165, 1.54) is 22.2 Å². The number of carbonyl (C=O) groups excluding carboxylic acids is 1. The van der Waals surface area contributed by atoms with E-state index in [-0.39, 0.29) is 18.0 Å². The first kappa shape index (κ1) is 16.4. The average molecular weight is 364 g/mol. The lowest BCUT2D eigenvalue weighted by atomic mass is 10.1. The maximum absolute atomic E-state index is 12.7. The molecule has 130 valence electrons. The number of benzene rings is 1. The molecule has 0 saturated carbocycles. The van der Waals surface area contributed by atoms with Crippen LogP contribution in [0.25, 0.3) is 20.4 Å². The van der Waals surface area contributed by atoms with Crippen LogP contribution in [0.2, 0.25) is 0 Å². The highest BCUT2D eigenvalue weighted by Crippen LogP contribution is 2.28. The highest BCUT2D eigenvalue weighted by molar-refractivity contribution is 7.25. The normalized spacial score (nSPS) is 11.2. The second-order valence-corrected chi connectivity index (χ2v) is 7.11. The third-order valence-corrected chi connectivity index (χ3v) is 5.50. The zero-order valence-corrected chi connectivity index (χ0v) is 15.1. The molecule has 0 aliphatic rings. The van der Waals surface area contributed by atoms with Gasteiger partial charge in [0, 0.05) is 17.3 Å². The highest BCUT2D eigenvalue weighted by Gasteiger charge is 2.14. The fraction of sp³-hybridized carbons (Fsp3) is 0.158. The summed E-state index contributed by atoms with van der Waals surface area (Å²) in [6.45, 7) is 3.86. The molecule has 0 aliphatic carbocycles. The maximum Gasteiger partial charge on any atom is 0.271 e. The van der Waals surface area contributed by atoms with Gasteiger partial charge in [0.25, 0.3) is 5.56 Å². The lowest BCUT2D eigenvalue weighted by Crippen LogP contribution is -2.27. The van der Waals surface area contributed by atoms with Crippen LogP contribution in [0.1, 0.15) is 11.1 Å². The average Bonchev–Trinajstić information content (AvgIpc) is 3.01. The van der Waals surface area contributed by atoms with Crippen LogP contribution in [0.5, 0.6) is 0 Å². The number of nitrogens with zero attached hydrogens (tertiary/aromatic N) is 3. The molecule has 1 aromatic carbocycles. The minimum Gasteiger partial charge on any atom is -0.324 e. The van der Waals surface area contributed by atoms with Crippen molar-refractivity contribution in [2.24, 2.45) is 0 Å². The van der Waals surface area contributed by atoms with E-state index in [0.717, 1.165) is 27.0 Å². The van der Waals surface area contributed by atoms with Crippen molar-refractivity contribution in [3.05, 3.63) is 64.3 Å². The lowest BCUT2D eigenvalue weighted by molar-refractivity contribution is -0.116. The first-order chi connectivity index (χ1) is 12.5. The molecule has 7 heteroatoms. The molecule has 0 saturated heterocycles. The minimum atomic E-state index is -0.263. The van der Waals surface area contributed by atoms with Crippen molar-refractivity contribution in [2.45, 2.75) is 20.4 Å². The Labute approximate surface area is 153 Å². The van der Waals surface area contributed by atoms with Crippen LogP contribution >= 0.6 is 11.3 Å². The first-order valence-corrected chi connectivity index (χ1v) is 8.95. The SMILES string of the molecule is Cc1cccc(NC(=O)Cn2cnc3c(sc4ncccc43)c2=O)c1C. The van der Waals surface area contributed by atoms with Crippen LogP contribution in [0, 0.1) is 13.8 Å². The molecule has 3 aromatic heterocycles. The molecular weight excluding hydrogens is 348 g/mol. The monoisotopic (exact) mass is 364 g/mol. The number of anilines is 1. The van der Waals surface area contributed by atoms with Gasteiger partial charge in [-0.3, -0.25) is 14.2 Å². The van der Waals surface area contributed by atoms with Crippen LogP contribution in [-0.4, -0.2) is 20.4 Å². The third kappa shape index (κ3) is 2.76. The topological polar surface area (TPSA) is 76.9 Å². The summed E-state index contributed by atoms with van der Waals surface area (Å²) in [7, 11) is 0. The molecular formula is C19H16N4O2S. The maximum atomic E-state index is 12.7. The minimum absolute atomic E-state index is 0.0865. The predicted molar refractivity (Wildman–Crippen MR) is 104 cm³/mol. The van der Waals surface area contributed by atoms with E-state index < -0.39 is 0 Å². The van der Waals surface area contributed by atoms with Crippen LogP contribution in [0.4, 0.5) is 5.69 Å². The standard InChI is InChI=1S/C19H16N4O2S/c1-11-5-3-7-14(12(11)2)22-15(24)9-23-10-21-16-13-6-4-8-20-18(13)26-17(16)19(23)25/h3-8,10H,9H2,1-2H3,(H,22,24). The number of amides is 1. The second kappa shape index (κ2) is 6.34. The Bertz CT molecular complexity index is 1210. The van der Waals surface area contributed by atoms with Crippen molar-refractivity contribution in [1.82, 2.24) is 14.5 Å². The van der Waals surface area contributed by atoms with Gasteiger partial charge in [0.2, 0.25) is 5.91 Å². The van der Waals surface area contributed by atoms with Crippen molar-refractivity contribution < 1.29 is 4.79 Å². The molecule has 4 aromatic rings. The van der Waals surface area contributed by atoms with E-state index in [1.807, 2.05) is 44.2 Å². The summed E-state index contributed by atoms with van der Waals surface area (Å²) in [6, 6.07) is 9.44. The molecule has 0 fully saturated rings. The van der Waals surface area contributed by atoms with Crippen molar-refractivity contribution in [3.63, 3.8) is 0 Å². The Hall–Kier alpha value is -3.06. The van der Waals surface area contributed by atoms with E-state index in [1.54, 1.807) is 6.20 Å². The van der Waals surface area contributed by atoms with E-state index in [9.17, 15) is 9.59 Å². The quantitative estimate of drug-likeness (QED) is 0.605. The number of nitrogens with one attached hydrogen (secondary N) is 1. The molecule has 6 nitrogen and oxygen atoms in total. The van der Waals surface area contributed by atoms with E-state index in [0.29, 0.717) is 10.2 Å². The summed E-state index contributed by atoms with van der Waals surface area (Å²) >= 11 is 1.30. The Balaban J connectivity index is 1.66. The van der Waals surface area contributed by atoms with Crippen LogP contribution < -0.4 is 10.9 Å². The van der Waals surface area contributed by atoms with Gasteiger partial charge in [0.1, 0.15) is 16.1 Å². The van der Waals surface area contributed by atoms with Gasteiger partial charge in [0.15, 0.2) is 0 Å². The number of hydrogen-bond donors (Lipinski definition) is 1. The molecule has 0 unspecified atom stereocenters. The predicted octanol–water partition coefficient (Wildman–Crippen LogP) is 3.26. The molecule has 26 heavy (non-hydrogen) atoms. The number of carbonyl (C=O) groups is 1. The third-order valence-electron chi connectivity index (χ3n) is 4.41. The number of hydrogen-bond acceptors (Lipinski definition) is 5. The highest BCUT2D eigenvalue weighted by atomic mass is 32.1. The van der Waals surface area contributed by atoms with E-state index in [4.69, 9.17) is 0 Å². The van der Waals surface area contributed by atoms with Crippen LogP contribution in [0.3, 0.4) is 0 Å². The van der Waals surface area contributed by atoms with Gasteiger partial charge in [-0.25, -0.2) is 9.97 Å². The van der Waals surface area contributed by atoms with Gasteiger partial charge in [-0.05, 0) is 43.2 Å². The summed E-state index contributed by atoms with van der Waals surface area (Å²) in [4.78, 5) is 34.5. The molecule has 0 atom stereocenters. The molecule has 3 heterocycles. The molecule has 0 aliphatic heterocycles. The summed E-state index contributed by atoms with van der Waals surface area (Å²) in [5.41, 5.74) is 3.27. The number of aromatic nitrogens is 3. The number of pyridine rings is 1. The fourth-order valence-electron chi connectivity index (χ4n) is 2.85. The molecule has 0 spiro atoms. The Morgan fingerprint density at radius 3 is 2.88 bits per heavy atom. The van der Waals surface area contributed by atoms with E-state index in [2.05, 4.69) is 15.3 Å². The molecule has 0 bridgehead atoms. The van der Waals surface area contributed by atoms with Gasteiger partial charge in [-0.2, -0.15) is 0 Å². The lowest BCUT2D eigenvalue weighted by Gasteiger charge is -2.11. The summed E-state index contributed by atoms with van der Waals surface area (Å²) < 4.78 is 1.85. The summed E-state index contributed by atoms with van der Waals surface area (Å²) in [5.74, 6) is -0.263. The summed E-state index contributed by atoms with van der Waals surface area (Å²) in [5, 5.41) is 3.72. The van der Waals surface area contributed by atoms with Crippen LogP contribution in [0.15, 0.2) is 47.7 Å². The van der Waals surface area contributed by atoms with Crippen LogP contribution in [-0.2, 0) is 11.3 Å². The van der Waals surface area contributed by atoms with Crippen molar-refractivity contribution >= 4 is 43.4 Å². The number of aryl methyl sites for hydroxylation is 1. The summed E-state index contributed by atoms with van der Waals surface area (Å²) in [6.07, 6.45) is 3.11. The zero-order valence-electron chi connectivity index (χ0n) is 14.3. The molecule has 4 rings (SSSR count). The number of thiophene rings is 1.